The Morgan fingerprint density at radius 3 is 2.27 bits per heavy atom. The predicted molar refractivity (Wildman–Crippen MR) is 113 cm³/mol. The summed E-state index contributed by atoms with van der Waals surface area (Å²) in [4.78, 5) is 23.1. The molecule has 2 nitrogen and oxygen atoms in total. The lowest BCUT2D eigenvalue weighted by molar-refractivity contribution is -0.131. The SMILES string of the molecule is C=CC(C)(CC=C(C)C)C(C)=O.C=CCC1(C/C=C/C)CCCCC1=O. The third-order valence-corrected chi connectivity index (χ3v) is 5.37. The molecule has 2 atom stereocenters. The lowest BCUT2D eigenvalue weighted by Gasteiger charge is -2.34. The van der Waals surface area contributed by atoms with Crippen molar-refractivity contribution >= 4 is 11.6 Å². The van der Waals surface area contributed by atoms with Gasteiger partial charge < -0.3 is 0 Å². The number of allylic oxidation sites excluding steroid dienone is 6. The molecule has 0 aromatic heterocycles. The van der Waals surface area contributed by atoms with Gasteiger partial charge in [0.15, 0.2) is 0 Å². The maximum absolute atomic E-state index is 11.9. The summed E-state index contributed by atoms with van der Waals surface area (Å²) in [6.45, 7) is 17.0. The Hall–Kier alpha value is -1.70. The van der Waals surface area contributed by atoms with Gasteiger partial charge in [0.1, 0.15) is 11.6 Å². The average molecular weight is 359 g/mol. The van der Waals surface area contributed by atoms with Crippen LogP contribution in [0.2, 0.25) is 0 Å². The van der Waals surface area contributed by atoms with Gasteiger partial charge in [-0.05, 0) is 66.7 Å². The van der Waals surface area contributed by atoms with E-state index < -0.39 is 0 Å². The smallest absolute Gasteiger partial charge is 0.139 e. The number of carbonyl (C=O) groups excluding carboxylic acids is 2. The maximum atomic E-state index is 11.9. The zero-order valence-corrected chi connectivity index (χ0v) is 17.6. The van der Waals surface area contributed by atoms with E-state index >= 15 is 0 Å². The molecular weight excluding hydrogens is 320 g/mol. The molecule has 0 aromatic rings. The molecule has 0 radical (unpaired) electrons. The molecule has 2 unspecified atom stereocenters. The van der Waals surface area contributed by atoms with Gasteiger partial charge in [0, 0.05) is 17.3 Å². The van der Waals surface area contributed by atoms with Crippen LogP contribution in [0.3, 0.4) is 0 Å². The number of Topliss-reactive ketones (excluding diaryl/α,β-unsaturated/α-hetero) is 2. The van der Waals surface area contributed by atoms with Crippen molar-refractivity contribution in [2.75, 3.05) is 0 Å². The molecule has 0 spiro atoms. The van der Waals surface area contributed by atoms with Crippen LogP contribution >= 0.6 is 0 Å². The highest BCUT2D eigenvalue weighted by Gasteiger charge is 2.37. The topological polar surface area (TPSA) is 34.1 Å². The lowest BCUT2D eigenvalue weighted by atomic mass is 9.68. The van der Waals surface area contributed by atoms with Crippen molar-refractivity contribution in [2.45, 2.75) is 79.6 Å². The number of carbonyl (C=O) groups is 2. The van der Waals surface area contributed by atoms with Crippen LogP contribution in [-0.2, 0) is 9.59 Å². The Morgan fingerprint density at radius 1 is 1.19 bits per heavy atom. The van der Waals surface area contributed by atoms with Crippen LogP contribution in [0.25, 0.3) is 0 Å². The second-order valence-corrected chi connectivity index (χ2v) is 7.84. The fourth-order valence-corrected chi connectivity index (χ4v) is 3.08. The van der Waals surface area contributed by atoms with Crippen LogP contribution in [0.15, 0.2) is 49.1 Å². The van der Waals surface area contributed by atoms with Gasteiger partial charge in [0.05, 0.1) is 0 Å². The van der Waals surface area contributed by atoms with Gasteiger partial charge in [-0.3, -0.25) is 9.59 Å². The number of hydrogen-bond acceptors (Lipinski definition) is 2. The standard InChI is InChI=1S/C13H20O.C11H18O/c1-3-5-10-13(9-4-2)11-7-6-8-12(13)14;1-6-11(5,10(4)12)8-7-9(2)3/h3-5H,2,6-11H2,1H3;6-7H,1,8H2,2-5H3/b5-3+;. The molecule has 1 fully saturated rings. The fourth-order valence-electron chi connectivity index (χ4n) is 3.08. The molecule has 146 valence electrons. The van der Waals surface area contributed by atoms with Crippen molar-refractivity contribution in [3.05, 3.63) is 49.1 Å². The molecular formula is C24H38O2. The van der Waals surface area contributed by atoms with E-state index in [2.05, 4.69) is 25.3 Å². The van der Waals surface area contributed by atoms with Gasteiger partial charge in [0.2, 0.25) is 0 Å². The average Bonchev–Trinajstić information content (AvgIpc) is 2.61. The molecule has 2 heteroatoms. The Balaban J connectivity index is 0.000000488. The minimum absolute atomic E-state index is 0.105. The van der Waals surface area contributed by atoms with E-state index in [1.54, 1.807) is 13.0 Å². The summed E-state index contributed by atoms with van der Waals surface area (Å²) in [7, 11) is 0. The minimum atomic E-state index is -0.378. The number of ketones is 2. The first-order valence-corrected chi connectivity index (χ1v) is 9.71. The van der Waals surface area contributed by atoms with E-state index in [-0.39, 0.29) is 16.6 Å². The quantitative estimate of drug-likeness (QED) is 0.448. The summed E-state index contributed by atoms with van der Waals surface area (Å²) in [5, 5.41) is 0. The second-order valence-electron chi connectivity index (χ2n) is 7.84. The molecule has 0 bridgehead atoms. The van der Waals surface area contributed by atoms with E-state index in [4.69, 9.17) is 0 Å². The Bertz CT molecular complexity index is 549. The minimum Gasteiger partial charge on any atom is -0.299 e. The van der Waals surface area contributed by atoms with Crippen LogP contribution in [-0.4, -0.2) is 11.6 Å². The molecule has 0 saturated heterocycles. The van der Waals surface area contributed by atoms with E-state index in [0.29, 0.717) is 5.78 Å². The predicted octanol–water partition coefficient (Wildman–Crippen LogP) is 6.78. The molecule has 0 aliphatic heterocycles. The van der Waals surface area contributed by atoms with Gasteiger partial charge >= 0.3 is 0 Å². The zero-order valence-electron chi connectivity index (χ0n) is 17.6. The summed E-state index contributed by atoms with van der Waals surface area (Å²) in [5.74, 6) is 0.622. The zero-order chi connectivity index (χ0) is 20.2. The molecule has 0 heterocycles. The highest BCUT2D eigenvalue weighted by Crippen LogP contribution is 2.40. The molecule has 1 aliphatic carbocycles. The maximum Gasteiger partial charge on any atom is 0.139 e. The summed E-state index contributed by atoms with van der Waals surface area (Å²) >= 11 is 0. The van der Waals surface area contributed by atoms with Crippen LogP contribution in [0.5, 0.6) is 0 Å². The Labute approximate surface area is 161 Å². The largest absolute Gasteiger partial charge is 0.299 e. The van der Waals surface area contributed by atoms with E-state index in [0.717, 1.165) is 38.5 Å². The molecule has 1 aliphatic rings. The van der Waals surface area contributed by atoms with Crippen LogP contribution in [0, 0.1) is 10.8 Å². The highest BCUT2D eigenvalue weighted by molar-refractivity contribution is 5.86. The van der Waals surface area contributed by atoms with Gasteiger partial charge in [-0.2, -0.15) is 0 Å². The van der Waals surface area contributed by atoms with E-state index in [1.165, 1.54) is 12.0 Å². The third kappa shape index (κ3) is 7.68. The Morgan fingerprint density at radius 2 is 1.85 bits per heavy atom. The monoisotopic (exact) mass is 358 g/mol. The first kappa shape index (κ1) is 24.3. The van der Waals surface area contributed by atoms with Crippen LogP contribution < -0.4 is 0 Å². The van der Waals surface area contributed by atoms with Gasteiger partial charge in [-0.25, -0.2) is 0 Å². The van der Waals surface area contributed by atoms with E-state index in [9.17, 15) is 9.59 Å². The van der Waals surface area contributed by atoms with Gasteiger partial charge in [-0.1, -0.05) is 42.4 Å². The second kappa shape index (κ2) is 11.8. The van der Waals surface area contributed by atoms with Crippen molar-refractivity contribution in [3.8, 4) is 0 Å². The van der Waals surface area contributed by atoms with Gasteiger partial charge in [-0.15, -0.1) is 13.2 Å². The number of rotatable bonds is 8. The van der Waals surface area contributed by atoms with Crippen molar-refractivity contribution < 1.29 is 9.59 Å². The molecule has 0 amide bonds. The molecule has 1 rings (SSSR count). The highest BCUT2D eigenvalue weighted by atomic mass is 16.1. The summed E-state index contributed by atoms with van der Waals surface area (Å²) in [6.07, 6.45) is 16.4. The number of hydrogen-bond donors (Lipinski definition) is 0. The van der Waals surface area contributed by atoms with Crippen molar-refractivity contribution in [1.29, 1.82) is 0 Å². The van der Waals surface area contributed by atoms with E-state index in [1.807, 2.05) is 39.8 Å². The van der Waals surface area contributed by atoms with Crippen LogP contribution in [0.4, 0.5) is 0 Å². The fraction of sp³-hybridized carbons (Fsp3) is 0.583. The third-order valence-electron chi connectivity index (χ3n) is 5.37. The van der Waals surface area contributed by atoms with Crippen molar-refractivity contribution in [2.24, 2.45) is 10.8 Å². The summed E-state index contributed by atoms with van der Waals surface area (Å²) < 4.78 is 0. The van der Waals surface area contributed by atoms with Crippen molar-refractivity contribution in [1.82, 2.24) is 0 Å². The van der Waals surface area contributed by atoms with Crippen LogP contribution in [0.1, 0.15) is 79.6 Å². The molecule has 0 N–H and O–H groups in total. The summed E-state index contributed by atoms with van der Waals surface area (Å²) in [6, 6.07) is 0. The molecule has 26 heavy (non-hydrogen) atoms. The Kier molecular flexibility index (Phi) is 11.1. The lowest BCUT2D eigenvalue weighted by Crippen LogP contribution is -2.33. The first-order valence-electron chi connectivity index (χ1n) is 9.71. The summed E-state index contributed by atoms with van der Waals surface area (Å²) in [5.41, 5.74) is 0.758. The van der Waals surface area contributed by atoms with Crippen molar-refractivity contribution in [3.63, 3.8) is 0 Å². The normalized spacial score (nSPS) is 22.0. The van der Waals surface area contributed by atoms with Gasteiger partial charge in [0.25, 0.3) is 0 Å². The first-order chi connectivity index (χ1) is 12.2. The molecule has 0 aromatic carbocycles. The molecule has 1 saturated carbocycles.